The molecule has 0 fully saturated rings. The fourth-order valence-electron chi connectivity index (χ4n) is 2.55. The van der Waals surface area contributed by atoms with E-state index in [1.165, 1.54) is 10.9 Å². The molecular weight excluding hydrogens is 325 g/mol. The topological polar surface area (TPSA) is 21.7 Å². The maximum atomic E-state index is 13.8. The third-order valence-corrected chi connectivity index (χ3v) is 4.82. The van der Waals surface area contributed by atoms with Crippen molar-refractivity contribution in [3.8, 4) is 5.75 Å². The van der Waals surface area contributed by atoms with Gasteiger partial charge in [-0.05, 0) is 30.8 Å². The van der Waals surface area contributed by atoms with Crippen LogP contribution in [0.5, 0.6) is 5.75 Å². The van der Waals surface area contributed by atoms with E-state index >= 15 is 0 Å². The van der Waals surface area contributed by atoms with Crippen LogP contribution in [0.4, 0.5) is 4.39 Å². The average Bonchev–Trinajstić information content (AvgIpc) is 2.91. The minimum absolute atomic E-state index is 0.221. The molecule has 2 aromatic rings. The number of thiophene rings is 1. The first-order chi connectivity index (χ1) is 10.7. The summed E-state index contributed by atoms with van der Waals surface area (Å²) in [6.45, 7) is 4.98. The summed E-state index contributed by atoms with van der Waals surface area (Å²) in [5.41, 5.74) is 1.64. The van der Waals surface area contributed by atoms with E-state index in [0.717, 1.165) is 34.3 Å². The summed E-state index contributed by atoms with van der Waals surface area (Å²) in [4.78, 5) is 3.43. The standard InChI is InChI=1S/C16H17ClFNO2S/c1-2-19(8-14-3-4-15(17)22-14)7-11-5-13(18)6-12-9-20-10-21-16(11)12/h3-6H,2,7-10H2,1H3. The van der Waals surface area contributed by atoms with Crippen molar-refractivity contribution in [2.24, 2.45) is 0 Å². The van der Waals surface area contributed by atoms with Gasteiger partial charge in [0.25, 0.3) is 0 Å². The normalized spacial score (nSPS) is 14.0. The maximum Gasteiger partial charge on any atom is 0.189 e. The molecule has 1 aliphatic heterocycles. The summed E-state index contributed by atoms with van der Waals surface area (Å²) in [6, 6.07) is 6.96. The molecule has 118 valence electrons. The van der Waals surface area contributed by atoms with Gasteiger partial charge in [-0.15, -0.1) is 11.3 Å². The van der Waals surface area contributed by atoms with Crippen LogP contribution in [0.2, 0.25) is 4.34 Å². The quantitative estimate of drug-likeness (QED) is 0.803. The third kappa shape index (κ3) is 3.60. The van der Waals surface area contributed by atoms with Gasteiger partial charge >= 0.3 is 0 Å². The number of ether oxygens (including phenoxy) is 2. The summed E-state index contributed by atoms with van der Waals surface area (Å²) in [7, 11) is 0. The average molecular weight is 342 g/mol. The van der Waals surface area contributed by atoms with Gasteiger partial charge in [0, 0.05) is 29.1 Å². The van der Waals surface area contributed by atoms with Gasteiger partial charge in [-0.3, -0.25) is 4.90 Å². The van der Waals surface area contributed by atoms with Crippen LogP contribution in [0, 0.1) is 5.82 Å². The highest BCUT2D eigenvalue weighted by atomic mass is 35.5. The van der Waals surface area contributed by atoms with Crippen LogP contribution in [0.25, 0.3) is 0 Å². The summed E-state index contributed by atoms with van der Waals surface area (Å²) in [6.07, 6.45) is 0. The summed E-state index contributed by atoms with van der Waals surface area (Å²) in [5, 5.41) is 0. The highest BCUT2D eigenvalue weighted by molar-refractivity contribution is 7.16. The van der Waals surface area contributed by atoms with E-state index < -0.39 is 0 Å². The second-order valence-electron chi connectivity index (χ2n) is 5.17. The summed E-state index contributed by atoms with van der Waals surface area (Å²) < 4.78 is 25.4. The van der Waals surface area contributed by atoms with Gasteiger partial charge in [0.15, 0.2) is 6.79 Å². The first kappa shape index (κ1) is 15.7. The van der Waals surface area contributed by atoms with E-state index in [1.807, 2.05) is 12.1 Å². The Morgan fingerprint density at radius 2 is 2.18 bits per heavy atom. The molecule has 0 saturated carbocycles. The van der Waals surface area contributed by atoms with E-state index in [1.54, 1.807) is 17.4 Å². The molecule has 0 unspecified atom stereocenters. The van der Waals surface area contributed by atoms with Crippen molar-refractivity contribution in [3.63, 3.8) is 0 Å². The lowest BCUT2D eigenvalue weighted by Crippen LogP contribution is -2.23. The second kappa shape index (κ2) is 6.96. The Morgan fingerprint density at radius 1 is 1.32 bits per heavy atom. The molecule has 3 nitrogen and oxygen atoms in total. The van der Waals surface area contributed by atoms with Gasteiger partial charge < -0.3 is 9.47 Å². The van der Waals surface area contributed by atoms with Gasteiger partial charge in [0.05, 0.1) is 10.9 Å². The minimum atomic E-state index is -0.252. The molecule has 0 aliphatic carbocycles. The molecule has 3 rings (SSSR count). The predicted octanol–water partition coefficient (Wildman–Crippen LogP) is 4.43. The zero-order chi connectivity index (χ0) is 15.5. The van der Waals surface area contributed by atoms with E-state index in [9.17, 15) is 4.39 Å². The monoisotopic (exact) mass is 341 g/mol. The SMILES string of the molecule is CCN(Cc1ccc(Cl)s1)Cc1cc(F)cc2c1OCOC2. The van der Waals surface area contributed by atoms with Crippen molar-refractivity contribution in [2.75, 3.05) is 13.3 Å². The van der Waals surface area contributed by atoms with E-state index in [4.69, 9.17) is 21.1 Å². The fourth-order valence-corrected chi connectivity index (χ4v) is 3.68. The molecule has 0 radical (unpaired) electrons. The number of halogens is 2. The van der Waals surface area contributed by atoms with Crippen molar-refractivity contribution >= 4 is 22.9 Å². The van der Waals surface area contributed by atoms with Crippen LogP contribution in [0.1, 0.15) is 22.9 Å². The van der Waals surface area contributed by atoms with E-state index in [0.29, 0.717) is 13.2 Å². The molecule has 0 spiro atoms. The molecule has 0 N–H and O–H groups in total. The largest absolute Gasteiger partial charge is 0.467 e. The summed E-state index contributed by atoms with van der Waals surface area (Å²) in [5.74, 6) is 0.508. The number of fused-ring (bicyclic) bond motifs is 1. The van der Waals surface area contributed by atoms with E-state index in [-0.39, 0.29) is 12.6 Å². The predicted molar refractivity (Wildman–Crippen MR) is 85.8 cm³/mol. The maximum absolute atomic E-state index is 13.8. The van der Waals surface area contributed by atoms with Crippen LogP contribution in [-0.4, -0.2) is 18.2 Å². The Bertz CT molecular complexity index is 662. The number of rotatable bonds is 5. The van der Waals surface area contributed by atoms with Crippen LogP contribution in [0.3, 0.4) is 0 Å². The highest BCUT2D eigenvalue weighted by Crippen LogP contribution is 2.31. The van der Waals surface area contributed by atoms with E-state index in [2.05, 4.69) is 11.8 Å². The first-order valence-electron chi connectivity index (χ1n) is 7.14. The van der Waals surface area contributed by atoms with Gasteiger partial charge in [-0.25, -0.2) is 4.39 Å². The zero-order valence-corrected chi connectivity index (χ0v) is 13.8. The number of nitrogens with zero attached hydrogens (tertiary/aromatic N) is 1. The lowest BCUT2D eigenvalue weighted by Gasteiger charge is -2.25. The van der Waals surface area contributed by atoms with Crippen LogP contribution in [-0.2, 0) is 24.4 Å². The van der Waals surface area contributed by atoms with Crippen molar-refractivity contribution in [3.05, 3.63) is 50.4 Å². The molecule has 0 amide bonds. The molecule has 0 saturated heterocycles. The van der Waals surface area contributed by atoms with Gasteiger partial charge in [0.1, 0.15) is 11.6 Å². The van der Waals surface area contributed by atoms with Crippen molar-refractivity contribution < 1.29 is 13.9 Å². The van der Waals surface area contributed by atoms with Crippen molar-refractivity contribution in [1.82, 2.24) is 4.90 Å². The number of benzene rings is 1. The van der Waals surface area contributed by atoms with Gasteiger partial charge in [-0.2, -0.15) is 0 Å². The molecule has 1 aromatic carbocycles. The van der Waals surface area contributed by atoms with Gasteiger partial charge in [-0.1, -0.05) is 18.5 Å². The van der Waals surface area contributed by atoms with Crippen molar-refractivity contribution in [2.45, 2.75) is 26.6 Å². The molecule has 0 atom stereocenters. The van der Waals surface area contributed by atoms with Crippen LogP contribution < -0.4 is 4.74 Å². The lowest BCUT2D eigenvalue weighted by molar-refractivity contribution is -0.0177. The Kier molecular flexibility index (Phi) is 4.98. The molecule has 1 aromatic heterocycles. The lowest BCUT2D eigenvalue weighted by atomic mass is 10.1. The Labute approximate surface area is 138 Å². The van der Waals surface area contributed by atoms with Crippen molar-refractivity contribution in [1.29, 1.82) is 0 Å². The second-order valence-corrected chi connectivity index (χ2v) is 6.97. The van der Waals surface area contributed by atoms with Gasteiger partial charge in [0.2, 0.25) is 0 Å². The molecule has 0 bridgehead atoms. The molecule has 22 heavy (non-hydrogen) atoms. The highest BCUT2D eigenvalue weighted by Gasteiger charge is 2.18. The minimum Gasteiger partial charge on any atom is -0.467 e. The zero-order valence-electron chi connectivity index (χ0n) is 12.3. The van der Waals surface area contributed by atoms with Crippen LogP contribution in [0.15, 0.2) is 24.3 Å². The Morgan fingerprint density at radius 3 is 2.91 bits per heavy atom. The smallest absolute Gasteiger partial charge is 0.189 e. The summed E-state index contributed by atoms with van der Waals surface area (Å²) >= 11 is 7.55. The molecule has 1 aliphatic rings. The first-order valence-corrected chi connectivity index (χ1v) is 8.33. The number of hydrogen-bond acceptors (Lipinski definition) is 4. The van der Waals surface area contributed by atoms with Crippen LogP contribution >= 0.6 is 22.9 Å². The molecular formula is C16H17ClFNO2S. The molecule has 2 heterocycles. The fraction of sp³-hybridized carbons (Fsp3) is 0.375. The third-order valence-electron chi connectivity index (χ3n) is 3.60. The number of hydrogen-bond donors (Lipinski definition) is 0. The Hall–Kier alpha value is -1.14. The molecule has 6 heteroatoms. The Balaban J connectivity index is 1.79.